The van der Waals surface area contributed by atoms with Crippen LogP contribution in [0.15, 0.2) is 12.1 Å². The molecule has 5 heteroatoms. The number of esters is 1. The Morgan fingerprint density at radius 2 is 1.24 bits per heavy atom. The van der Waals surface area contributed by atoms with Crippen molar-refractivity contribution in [1.82, 2.24) is 0 Å². The Morgan fingerprint density at radius 3 is 1.60 bits per heavy atom. The summed E-state index contributed by atoms with van der Waals surface area (Å²) >= 11 is 0. The van der Waals surface area contributed by atoms with Gasteiger partial charge in [0.05, 0.1) is 18.3 Å². The van der Waals surface area contributed by atoms with Crippen molar-refractivity contribution < 1.29 is 23.7 Å². The second-order valence-electron chi connectivity index (χ2n) is 6.35. The molecule has 0 N–H and O–H groups in total. The summed E-state index contributed by atoms with van der Waals surface area (Å²) in [7, 11) is 0. The molecular formula is C20H32O5. The standard InChI is InChI=1S/C20H32O5/c1-8-13(4)22-18-11-17(25-16(7)21)12-19(23-14(5)9-2)20(18)24-15(6)10-3/h11-15H,8-10H2,1-7H3. The van der Waals surface area contributed by atoms with E-state index in [2.05, 4.69) is 6.92 Å². The average Bonchev–Trinajstić information content (AvgIpc) is 2.56. The third-order valence-electron chi connectivity index (χ3n) is 3.96. The van der Waals surface area contributed by atoms with Gasteiger partial charge in [0.25, 0.3) is 0 Å². The zero-order valence-corrected chi connectivity index (χ0v) is 16.5. The van der Waals surface area contributed by atoms with Gasteiger partial charge in [0.15, 0.2) is 11.5 Å². The largest absolute Gasteiger partial charge is 0.487 e. The van der Waals surface area contributed by atoms with Gasteiger partial charge in [-0.25, -0.2) is 0 Å². The van der Waals surface area contributed by atoms with Crippen molar-refractivity contribution in [1.29, 1.82) is 0 Å². The van der Waals surface area contributed by atoms with Crippen molar-refractivity contribution >= 4 is 5.97 Å². The molecule has 1 rings (SSSR count). The highest BCUT2D eigenvalue weighted by molar-refractivity contribution is 5.70. The number of hydrogen-bond acceptors (Lipinski definition) is 5. The molecule has 3 atom stereocenters. The van der Waals surface area contributed by atoms with Gasteiger partial charge in [-0.15, -0.1) is 0 Å². The van der Waals surface area contributed by atoms with Gasteiger partial charge in [-0.1, -0.05) is 20.8 Å². The molecule has 0 bridgehead atoms. The molecule has 3 unspecified atom stereocenters. The van der Waals surface area contributed by atoms with Crippen LogP contribution in [0.3, 0.4) is 0 Å². The van der Waals surface area contributed by atoms with Crippen LogP contribution in [0.2, 0.25) is 0 Å². The van der Waals surface area contributed by atoms with E-state index in [1.807, 2.05) is 34.6 Å². The van der Waals surface area contributed by atoms with E-state index in [1.165, 1.54) is 6.92 Å². The molecule has 0 aromatic heterocycles. The number of carbonyl (C=O) groups is 1. The van der Waals surface area contributed by atoms with Gasteiger partial charge < -0.3 is 18.9 Å². The maximum Gasteiger partial charge on any atom is 0.308 e. The summed E-state index contributed by atoms with van der Waals surface area (Å²) in [5.74, 6) is 1.63. The Morgan fingerprint density at radius 1 is 0.840 bits per heavy atom. The molecule has 0 aliphatic rings. The van der Waals surface area contributed by atoms with Crippen LogP contribution < -0.4 is 18.9 Å². The predicted octanol–water partition coefficient (Wildman–Crippen LogP) is 5.14. The summed E-state index contributed by atoms with van der Waals surface area (Å²) in [5.41, 5.74) is 0. The van der Waals surface area contributed by atoms with E-state index >= 15 is 0 Å². The van der Waals surface area contributed by atoms with E-state index < -0.39 is 0 Å². The van der Waals surface area contributed by atoms with Crippen LogP contribution in [0.5, 0.6) is 23.0 Å². The van der Waals surface area contributed by atoms with E-state index in [-0.39, 0.29) is 24.3 Å². The number of carbonyl (C=O) groups excluding carboxylic acids is 1. The molecule has 25 heavy (non-hydrogen) atoms. The van der Waals surface area contributed by atoms with Gasteiger partial charge in [0.1, 0.15) is 5.75 Å². The van der Waals surface area contributed by atoms with Crippen LogP contribution >= 0.6 is 0 Å². The second kappa shape index (κ2) is 10.2. The van der Waals surface area contributed by atoms with Crippen molar-refractivity contribution in [2.75, 3.05) is 0 Å². The normalized spacial score (nSPS) is 14.4. The van der Waals surface area contributed by atoms with E-state index in [0.29, 0.717) is 23.0 Å². The lowest BCUT2D eigenvalue weighted by Crippen LogP contribution is -2.17. The van der Waals surface area contributed by atoms with Crippen LogP contribution in [0.25, 0.3) is 0 Å². The molecule has 0 fully saturated rings. The molecule has 0 saturated heterocycles. The Bertz CT molecular complexity index is 522. The maximum absolute atomic E-state index is 11.4. The first-order chi connectivity index (χ1) is 11.8. The van der Waals surface area contributed by atoms with Gasteiger partial charge in [0.2, 0.25) is 5.75 Å². The third-order valence-corrected chi connectivity index (χ3v) is 3.96. The molecule has 0 aliphatic heterocycles. The molecule has 0 amide bonds. The van der Waals surface area contributed by atoms with E-state index in [9.17, 15) is 4.79 Å². The topological polar surface area (TPSA) is 54.0 Å². The van der Waals surface area contributed by atoms with Crippen LogP contribution in [-0.2, 0) is 4.79 Å². The monoisotopic (exact) mass is 352 g/mol. The lowest BCUT2D eigenvalue weighted by atomic mass is 10.2. The van der Waals surface area contributed by atoms with Crippen molar-refractivity contribution in [3.05, 3.63) is 12.1 Å². The Kier molecular flexibility index (Phi) is 8.59. The summed E-state index contributed by atoms with van der Waals surface area (Å²) < 4.78 is 23.4. The predicted molar refractivity (Wildman–Crippen MR) is 98.9 cm³/mol. The van der Waals surface area contributed by atoms with Crippen LogP contribution in [-0.4, -0.2) is 24.3 Å². The molecule has 0 radical (unpaired) electrons. The van der Waals surface area contributed by atoms with Gasteiger partial charge >= 0.3 is 5.97 Å². The highest BCUT2D eigenvalue weighted by Crippen LogP contribution is 2.43. The van der Waals surface area contributed by atoms with E-state index in [4.69, 9.17) is 18.9 Å². The molecule has 0 spiro atoms. The number of rotatable bonds is 10. The Hall–Kier alpha value is -1.91. The zero-order chi connectivity index (χ0) is 19.0. The highest BCUT2D eigenvalue weighted by atomic mass is 16.6. The Balaban J connectivity index is 3.37. The molecule has 0 saturated carbocycles. The Labute approximate surface area is 151 Å². The van der Waals surface area contributed by atoms with Gasteiger partial charge in [0, 0.05) is 19.1 Å². The highest BCUT2D eigenvalue weighted by Gasteiger charge is 2.21. The van der Waals surface area contributed by atoms with Gasteiger partial charge in [-0.3, -0.25) is 4.79 Å². The number of hydrogen-bond donors (Lipinski definition) is 0. The van der Waals surface area contributed by atoms with Crippen molar-refractivity contribution in [3.8, 4) is 23.0 Å². The van der Waals surface area contributed by atoms with Gasteiger partial charge in [-0.2, -0.15) is 0 Å². The first-order valence-corrected chi connectivity index (χ1v) is 9.16. The molecule has 5 nitrogen and oxygen atoms in total. The van der Waals surface area contributed by atoms with Crippen molar-refractivity contribution in [3.63, 3.8) is 0 Å². The molecular weight excluding hydrogens is 320 g/mol. The van der Waals surface area contributed by atoms with Crippen LogP contribution in [0.4, 0.5) is 0 Å². The fourth-order valence-corrected chi connectivity index (χ4v) is 1.95. The smallest absolute Gasteiger partial charge is 0.308 e. The lowest BCUT2D eigenvalue weighted by molar-refractivity contribution is -0.131. The minimum Gasteiger partial charge on any atom is -0.487 e. The van der Waals surface area contributed by atoms with Gasteiger partial charge in [-0.05, 0) is 40.0 Å². The van der Waals surface area contributed by atoms with E-state index in [1.54, 1.807) is 12.1 Å². The third kappa shape index (κ3) is 6.85. The van der Waals surface area contributed by atoms with Crippen molar-refractivity contribution in [2.45, 2.75) is 86.0 Å². The van der Waals surface area contributed by atoms with Crippen molar-refractivity contribution in [2.24, 2.45) is 0 Å². The molecule has 0 aliphatic carbocycles. The minimum atomic E-state index is -0.389. The molecule has 1 aromatic carbocycles. The SMILES string of the molecule is CCC(C)Oc1cc(OC(C)=O)cc(OC(C)CC)c1OC(C)CC. The summed E-state index contributed by atoms with van der Waals surface area (Å²) in [4.78, 5) is 11.4. The fraction of sp³-hybridized carbons (Fsp3) is 0.650. The molecule has 1 aromatic rings. The second-order valence-corrected chi connectivity index (χ2v) is 6.35. The summed E-state index contributed by atoms with van der Waals surface area (Å²) in [5, 5.41) is 0. The average molecular weight is 352 g/mol. The first-order valence-electron chi connectivity index (χ1n) is 9.16. The summed E-state index contributed by atoms with van der Waals surface area (Å²) in [6, 6.07) is 3.38. The zero-order valence-electron chi connectivity index (χ0n) is 16.5. The number of ether oxygens (including phenoxy) is 4. The van der Waals surface area contributed by atoms with E-state index in [0.717, 1.165) is 19.3 Å². The van der Waals surface area contributed by atoms with Crippen LogP contribution in [0, 0.1) is 0 Å². The lowest BCUT2D eigenvalue weighted by Gasteiger charge is -2.24. The van der Waals surface area contributed by atoms with Crippen LogP contribution in [0.1, 0.15) is 67.7 Å². The first kappa shape index (κ1) is 21.1. The quantitative estimate of drug-likeness (QED) is 0.431. The molecule has 0 heterocycles. The molecule has 142 valence electrons. The minimum absolute atomic E-state index is 0.00306. The number of benzene rings is 1. The fourth-order valence-electron chi connectivity index (χ4n) is 1.95. The summed E-state index contributed by atoms with van der Waals surface area (Å²) in [6.07, 6.45) is 2.58. The summed E-state index contributed by atoms with van der Waals surface area (Å²) in [6.45, 7) is 13.5. The maximum atomic E-state index is 11.4.